The second kappa shape index (κ2) is 8.83. The number of anilines is 1. The molecule has 0 aliphatic heterocycles. The van der Waals surface area contributed by atoms with Crippen molar-refractivity contribution in [3.63, 3.8) is 0 Å². The molecule has 3 aromatic rings. The summed E-state index contributed by atoms with van der Waals surface area (Å²) in [6.07, 6.45) is -1.18. The molecule has 1 aromatic carbocycles. The molecular weight excluding hydrogens is 440 g/mol. The lowest BCUT2D eigenvalue weighted by atomic mass is 10.0. The molecule has 0 amide bonds. The molecule has 2 aromatic heterocycles. The highest BCUT2D eigenvalue weighted by Crippen LogP contribution is 2.44. The number of hydrogen-bond acceptors (Lipinski definition) is 9. The summed E-state index contributed by atoms with van der Waals surface area (Å²) in [4.78, 5) is 9.40. The van der Waals surface area contributed by atoms with E-state index >= 15 is 0 Å². The molecule has 6 atom stereocenters. The normalized spacial score (nSPS) is 29.0. The van der Waals surface area contributed by atoms with Gasteiger partial charge in [0.2, 0.25) is 0 Å². The molecule has 2 saturated carbocycles. The van der Waals surface area contributed by atoms with E-state index in [9.17, 15) is 15.3 Å². The van der Waals surface area contributed by atoms with E-state index in [4.69, 9.17) is 4.98 Å². The summed E-state index contributed by atoms with van der Waals surface area (Å²) in [5.41, 5.74) is 4.89. The third kappa shape index (κ3) is 4.32. The number of fused-ring (bicyclic) bond motifs is 1. The number of nitrogens with zero attached hydrogens (tertiary/aromatic N) is 5. The third-order valence-electron chi connectivity index (χ3n) is 6.46. The minimum Gasteiger partial charge on any atom is -0.390 e. The van der Waals surface area contributed by atoms with Crippen LogP contribution in [0.4, 0.5) is 5.82 Å². The molecule has 2 aliphatic carbocycles. The zero-order valence-electron chi connectivity index (χ0n) is 19.0. The van der Waals surface area contributed by atoms with Crippen LogP contribution in [0, 0.1) is 13.8 Å². The number of benzene rings is 1. The predicted molar refractivity (Wildman–Crippen MR) is 126 cm³/mol. The lowest BCUT2D eigenvalue weighted by Gasteiger charge is -2.16. The Morgan fingerprint density at radius 3 is 2.48 bits per heavy atom. The summed E-state index contributed by atoms with van der Waals surface area (Å²) in [5.74, 6) is 1.93. The molecule has 10 heteroatoms. The number of thioether (sulfide) groups is 1. The van der Waals surface area contributed by atoms with Crippen LogP contribution in [0.3, 0.4) is 0 Å². The Hall–Kier alpha value is -2.27. The van der Waals surface area contributed by atoms with Crippen LogP contribution in [-0.4, -0.2) is 70.4 Å². The van der Waals surface area contributed by atoms with Gasteiger partial charge < -0.3 is 20.6 Å². The van der Waals surface area contributed by atoms with Gasteiger partial charge in [0, 0.05) is 24.1 Å². The summed E-state index contributed by atoms with van der Waals surface area (Å²) in [5, 5.41) is 43.2. The molecule has 0 spiro atoms. The molecule has 0 bridgehead atoms. The Labute approximate surface area is 196 Å². The Morgan fingerprint density at radius 1 is 1.06 bits per heavy atom. The van der Waals surface area contributed by atoms with Crippen molar-refractivity contribution in [3.05, 3.63) is 34.9 Å². The van der Waals surface area contributed by atoms with E-state index < -0.39 is 24.4 Å². The number of rotatable bonds is 7. The lowest BCUT2D eigenvalue weighted by Crippen LogP contribution is -2.31. The molecule has 2 heterocycles. The Kier molecular flexibility index (Phi) is 6.02. The van der Waals surface area contributed by atoms with Crippen molar-refractivity contribution in [2.24, 2.45) is 0 Å². The number of aryl methyl sites for hydroxylation is 2. The number of nitrogens with one attached hydrogen (secondary N) is 1. The molecule has 0 saturated heterocycles. The Balaban J connectivity index is 1.46. The van der Waals surface area contributed by atoms with Gasteiger partial charge in [-0.15, -0.1) is 5.10 Å². The predicted octanol–water partition coefficient (Wildman–Crippen LogP) is 2.34. The number of aliphatic hydroxyl groups excluding tert-OH is 3. The monoisotopic (exact) mass is 470 g/mol. The first-order valence-corrected chi connectivity index (χ1v) is 12.5. The molecule has 5 rings (SSSR count). The zero-order chi connectivity index (χ0) is 23.3. The van der Waals surface area contributed by atoms with Crippen molar-refractivity contribution in [1.29, 1.82) is 0 Å². The fourth-order valence-electron chi connectivity index (χ4n) is 4.74. The van der Waals surface area contributed by atoms with Crippen LogP contribution in [0.15, 0.2) is 23.4 Å². The summed E-state index contributed by atoms with van der Waals surface area (Å²) >= 11 is 1.56. The highest BCUT2D eigenvalue weighted by Gasteiger charge is 2.44. The van der Waals surface area contributed by atoms with Gasteiger partial charge in [-0.2, -0.15) is 0 Å². The zero-order valence-corrected chi connectivity index (χ0v) is 19.8. The molecular formula is C23H30N6O3S. The number of hydrogen-bond donors (Lipinski definition) is 4. The Morgan fingerprint density at radius 2 is 1.82 bits per heavy atom. The SMILES string of the molecule is CCCSc1nc(NC2CC2c2cc(C)cc(C)c2)c2nnn([C@H]3C[C@@H](O)[C@H](O)[C@@H]3O)c2n1. The first kappa shape index (κ1) is 22.5. The van der Waals surface area contributed by atoms with Crippen LogP contribution in [0.5, 0.6) is 0 Å². The van der Waals surface area contributed by atoms with Gasteiger partial charge in [-0.25, -0.2) is 14.6 Å². The highest BCUT2D eigenvalue weighted by molar-refractivity contribution is 7.99. The summed E-state index contributed by atoms with van der Waals surface area (Å²) in [6.45, 7) is 6.35. The van der Waals surface area contributed by atoms with E-state index in [0.29, 0.717) is 28.1 Å². The molecule has 33 heavy (non-hydrogen) atoms. The van der Waals surface area contributed by atoms with Crippen LogP contribution in [0.2, 0.25) is 0 Å². The van der Waals surface area contributed by atoms with Crippen LogP contribution in [-0.2, 0) is 0 Å². The lowest BCUT2D eigenvalue weighted by molar-refractivity contribution is -0.0253. The highest BCUT2D eigenvalue weighted by atomic mass is 32.2. The molecule has 4 N–H and O–H groups in total. The van der Waals surface area contributed by atoms with Crippen molar-refractivity contribution in [1.82, 2.24) is 25.0 Å². The summed E-state index contributed by atoms with van der Waals surface area (Å²) in [6, 6.07) is 6.32. The fourth-order valence-corrected chi connectivity index (χ4v) is 5.43. The van der Waals surface area contributed by atoms with Crippen LogP contribution in [0.25, 0.3) is 11.2 Å². The fraction of sp³-hybridized carbons (Fsp3) is 0.565. The average Bonchev–Trinajstić information content (AvgIpc) is 3.34. The van der Waals surface area contributed by atoms with E-state index in [2.05, 4.69) is 59.6 Å². The maximum atomic E-state index is 10.4. The average molecular weight is 471 g/mol. The van der Waals surface area contributed by atoms with Crippen molar-refractivity contribution < 1.29 is 15.3 Å². The third-order valence-corrected chi connectivity index (χ3v) is 7.51. The quantitative estimate of drug-likeness (QED) is 0.304. The van der Waals surface area contributed by atoms with Gasteiger partial charge in [-0.05, 0) is 32.3 Å². The maximum Gasteiger partial charge on any atom is 0.191 e. The molecule has 2 fully saturated rings. The van der Waals surface area contributed by atoms with E-state index in [0.717, 1.165) is 18.6 Å². The minimum atomic E-state index is -1.22. The van der Waals surface area contributed by atoms with Crippen LogP contribution < -0.4 is 5.32 Å². The standard InChI is InChI=1S/C23H30N6O3S/c1-4-5-33-23-25-21(24-15-9-14(15)13-7-11(2)6-12(3)8-13)18-22(26-23)29(28-27-18)16-10-17(30)20(32)19(16)31/h6-8,14-17,19-20,30-32H,4-5,9-10H2,1-3H3,(H,24,25,26)/t14?,15?,16-,17+,19+,20-/m0/s1. The van der Waals surface area contributed by atoms with Gasteiger partial charge in [-0.3, -0.25) is 0 Å². The Bertz CT molecular complexity index is 1150. The van der Waals surface area contributed by atoms with E-state index in [1.165, 1.54) is 21.4 Å². The molecule has 2 unspecified atom stereocenters. The second-order valence-corrected chi connectivity index (χ2v) is 10.3. The first-order chi connectivity index (χ1) is 15.9. The van der Waals surface area contributed by atoms with Gasteiger partial charge >= 0.3 is 0 Å². The van der Waals surface area contributed by atoms with E-state index in [1.54, 1.807) is 11.8 Å². The number of aromatic nitrogens is 5. The second-order valence-electron chi connectivity index (χ2n) is 9.28. The molecule has 2 aliphatic rings. The van der Waals surface area contributed by atoms with Crippen molar-refractivity contribution in [3.8, 4) is 0 Å². The van der Waals surface area contributed by atoms with Gasteiger partial charge in [0.15, 0.2) is 22.1 Å². The maximum absolute atomic E-state index is 10.4. The van der Waals surface area contributed by atoms with Crippen molar-refractivity contribution >= 4 is 28.7 Å². The van der Waals surface area contributed by atoms with Gasteiger partial charge in [0.25, 0.3) is 0 Å². The van der Waals surface area contributed by atoms with Crippen LogP contribution >= 0.6 is 11.8 Å². The van der Waals surface area contributed by atoms with E-state index in [-0.39, 0.29) is 12.5 Å². The molecule has 9 nitrogen and oxygen atoms in total. The smallest absolute Gasteiger partial charge is 0.191 e. The summed E-state index contributed by atoms with van der Waals surface area (Å²) in [7, 11) is 0. The summed E-state index contributed by atoms with van der Waals surface area (Å²) < 4.78 is 1.52. The van der Waals surface area contributed by atoms with Gasteiger partial charge in [-0.1, -0.05) is 53.2 Å². The van der Waals surface area contributed by atoms with E-state index in [1.807, 2.05) is 0 Å². The molecule has 176 valence electrons. The topological polar surface area (TPSA) is 129 Å². The van der Waals surface area contributed by atoms with Crippen LogP contribution in [0.1, 0.15) is 54.8 Å². The van der Waals surface area contributed by atoms with Gasteiger partial charge in [0.05, 0.1) is 12.1 Å². The number of aliphatic hydroxyl groups is 3. The minimum absolute atomic E-state index is 0.183. The molecule has 0 radical (unpaired) electrons. The van der Waals surface area contributed by atoms with Crippen molar-refractivity contribution in [2.45, 2.75) is 81.5 Å². The van der Waals surface area contributed by atoms with Crippen molar-refractivity contribution in [2.75, 3.05) is 11.1 Å². The van der Waals surface area contributed by atoms with Gasteiger partial charge in [0.1, 0.15) is 12.2 Å². The largest absolute Gasteiger partial charge is 0.390 e. The first-order valence-electron chi connectivity index (χ1n) is 11.5.